The number of amides is 1. The second kappa shape index (κ2) is 12.0. The molecule has 0 aromatic heterocycles. The minimum atomic E-state index is -3.53. The lowest BCUT2D eigenvalue weighted by Gasteiger charge is -2.26. The van der Waals surface area contributed by atoms with Gasteiger partial charge >= 0.3 is 0 Å². The molecule has 9 heteroatoms. The molecule has 1 N–H and O–H groups in total. The first-order chi connectivity index (χ1) is 15.9. The zero-order valence-corrected chi connectivity index (χ0v) is 20.0. The largest absolute Gasteiger partial charge is 0.492 e. The fourth-order valence-corrected chi connectivity index (χ4v) is 4.80. The van der Waals surface area contributed by atoms with Gasteiger partial charge in [0.1, 0.15) is 18.1 Å². The van der Waals surface area contributed by atoms with E-state index in [9.17, 15) is 13.2 Å². The van der Waals surface area contributed by atoms with Crippen molar-refractivity contribution >= 4 is 15.9 Å². The van der Waals surface area contributed by atoms with Gasteiger partial charge in [0, 0.05) is 13.1 Å². The van der Waals surface area contributed by atoms with Crippen LogP contribution >= 0.6 is 0 Å². The molecule has 0 unspecified atom stereocenters. The summed E-state index contributed by atoms with van der Waals surface area (Å²) >= 11 is 0. The topological polar surface area (TPSA) is 94.2 Å². The standard InChI is InChI=1S/C24H32N2O6S/c1-3-19-5-7-21(8-6-19)32-23(4-2)24(27)25-13-16-31-20-9-11-22(12-10-20)33(28,29)26-14-17-30-18-15-26/h5-12,23H,3-4,13-18H2,1-2H3,(H,25,27)/t23-/m0/s1. The van der Waals surface area contributed by atoms with E-state index in [1.807, 2.05) is 31.2 Å². The van der Waals surface area contributed by atoms with Gasteiger partial charge < -0.3 is 19.5 Å². The number of nitrogens with zero attached hydrogens (tertiary/aromatic N) is 1. The molecule has 1 aliphatic rings. The summed E-state index contributed by atoms with van der Waals surface area (Å²) in [6, 6.07) is 14.0. The Morgan fingerprint density at radius 2 is 1.67 bits per heavy atom. The molecule has 0 radical (unpaired) electrons. The number of carbonyl (C=O) groups excluding carboxylic acids is 1. The first-order valence-electron chi connectivity index (χ1n) is 11.3. The highest BCUT2D eigenvalue weighted by Gasteiger charge is 2.26. The zero-order valence-electron chi connectivity index (χ0n) is 19.2. The number of morpholine rings is 1. The Morgan fingerprint density at radius 3 is 2.27 bits per heavy atom. The maximum atomic E-state index is 12.7. The van der Waals surface area contributed by atoms with Gasteiger partial charge in [-0.05, 0) is 54.8 Å². The van der Waals surface area contributed by atoms with E-state index in [-0.39, 0.29) is 17.4 Å². The van der Waals surface area contributed by atoms with E-state index < -0.39 is 16.1 Å². The monoisotopic (exact) mass is 476 g/mol. The van der Waals surface area contributed by atoms with Crippen LogP contribution in [0.15, 0.2) is 53.4 Å². The van der Waals surface area contributed by atoms with Gasteiger partial charge in [-0.1, -0.05) is 26.0 Å². The number of carbonyl (C=O) groups is 1. The van der Waals surface area contributed by atoms with Crippen molar-refractivity contribution in [2.45, 2.75) is 37.7 Å². The number of aryl methyl sites for hydroxylation is 1. The van der Waals surface area contributed by atoms with Crippen molar-refractivity contribution in [1.29, 1.82) is 0 Å². The summed E-state index contributed by atoms with van der Waals surface area (Å²) in [7, 11) is -3.53. The van der Waals surface area contributed by atoms with Crippen LogP contribution in [0.3, 0.4) is 0 Å². The molecule has 2 aromatic rings. The maximum Gasteiger partial charge on any atom is 0.261 e. The van der Waals surface area contributed by atoms with Gasteiger partial charge in [0.05, 0.1) is 24.7 Å². The minimum absolute atomic E-state index is 0.201. The third kappa shape index (κ3) is 6.93. The Balaban J connectivity index is 1.44. The van der Waals surface area contributed by atoms with Crippen LogP contribution in [0.2, 0.25) is 0 Å². The van der Waals surface area contributed by atoms with E-state index >= 15 is 0 Å². The molecule has 0 bridgehead atoms. The van der Waals surface area contributed by atoms with Crippen LogP contribution in [0.1, 0.15) is 25.8 Å². The van der Waals surface area contributed by atoms with E-state index in [2.05, 4.69) is 12.2 Å². The lowest BCUT2D eigenvalue weighted by atomic mass is 10.2. The summed E-state index contributed by atoms with van der Waals surface area (Å²) in [5, 5.41) is 2.82. The number of nitrogens with one attached hydrogen (secondary N) is 1. The third-order valence-corrected chi connectivity index (χ3v) is 7.29. The molecule has 0 spiro atoms. The van der Waals surface area contributed by atoms with Crippen molar-refractivity contribution in [1.82, 2.24) is 9.62 Å². The van der Waals surface area contributed by atoms with Crippen molar-refractivity contribution in [3.63, 3.8) is 0 Å². The van der Waals surface area contributed by atoms with Crippen LogP contribution in [-0.2, 0) is 26.0 Å². The number of hydrogen-bond acceptors (Lipinski definition) is 6. The average molecular weight is 477 g/mol. The van der Waals surface area contributed by atoms with Gasteiger partial charge in [0.2, 0.25) is 10.0 Å². The quantitative estimate of drug-likeness (QED) is 0.501. The number of ether oxygens (including phenoxy) is 3. The Labute approximate surface area is 195 Å². The molecule has 2 aromatic carbocycles. The highest BCUT2D eigenvalue weighted by Crippen LogP contribution is 2.20. The van der Waals surface area contributed by atoms with Crippen molar-refractivity contribution in [3.05, 3.63) is 54.1 Å². The van der Waals surface area contributed by atoms with Gasteiger partial charge in [-0.2, -0.15) is 4.31 Å². The van der Waals surface area contributed by atoms with Crippen LogP contribution in [0.5, 0.6) is 11.5 Å². The fourth-order valence-electron chi connectivity index (χ4n) is 3.39. The normalized spacial score (nSPS) is 15.6. The smallest absolute Gasteiger partial charge is 0.261 e. The van der Waals surface area contributed by atoms with Crippen LogP contribution in [-0.4, -0.2) is 64.2 Å². The molecule has 33 heavy (non-hydrogen) atoms. The molecular formula is C24H32N2O6S. The Kier molecular flexibility index (Phi) is 9.11. The summed E-state index contributed by atoms with van der Waals surface area (Å²) in [5.74, 6) is 0.995. The van der Waals surface area contributed by atoms with E-state index in [1.54, 1.807) is 12.1 Å². The molecule has 3 rings (SSSR count). The zero-order chi connectivity index (χ0) is 23.7. The Hall–Kier alpha value is -2.62. The molecule has 8 nitrogen and oxygen atoms in total. The van der Waals surface area contributed by atoms with E-state index in [1.165, 1.54) is 22.0 Å². The molecule has 1 atom stereocenters. The predicted molar refractivity (Wildman–Crippen MR) is 125 cm³/mol. The van der Waals surface area contributed by atoms with Crippen molar-refractivity contribution < 1.29 is 27.4 Å². The summed E-state index contributed by atoms with van der Waals surface area (Å²) in [4.78, 5) is 12.7. The maximum absolute atomic E-state index is 12.7. The van der Waals surface area contributed by atoms with E-state index in [0.29, 0.717) is 50.8 Å². The van der Waals surface area contributed by atoms with Gasteiger partial charge in [0.25, 0.3) is 5.91 Å². The van der Waals surface area contributed by atoms with Gasteiger partial charge in [-0.15, -0.1) is 0 Å². The highest BCUT2D eigenvalue weighted by atomic mass is 32.2. The molecule has 0 aliphatic carbocycles. The Bertz CT molecular complexity index is 987. The minimum Gasteiger partial charge on any atom is -0.492 e. The molecule has 1 saturated heterocycles. The van der Waals surface area contributed by atoms with Crippen LogP contribution in [0.25, 0.3) is 0 Å². The predicted octanol–water partition coefficient (Wildman–Crippen LogP) is 2.62. The summed E-state index contributed by atoms with van der Waals surface area (Å²) < 4.78 is 43.4. The molecule has 1 fully saturated rings. The van der Waals surface area contributed by atoms with Crippen LogP contribution < -0.4 is 14.8 Å². The summed E-state index contributed by atoms with van der Waals surface area (Å²) in [6.07, 6.45) is 0.910. The number of sulfonamides is 1. The number of benzene rings is 2. The lowest BCUT2D eigenvalue weighted by Crippen LogP contribution is -2.40. The van der Waals surface area contributed by atoms with Gasteiger partial charge in [0.15, 0.2) is 6.10 Å². The summed E-state index contributed by atoms with van der Waals surface area (Å²) in [6.45, 7) is 6.06. The molecule has 1 amide bonds. The van der Waals surface area contributed by atoms with E-state index in [4.69, 9.17) is 14.2 Å². The highest BCUT2D eigenvalue weighted by molar-refractivity contribution is 7.89. The fraction of sp³-hybridized carbons (Fsp3) is 0.458. The molecule has 1 aliphatic heterocycles. The van der Waals surface area contributed by atoms with Gasteiger partial charge in [-0.3, -0.25) is 4.79 Å². The van der Waals surface area contributed by atoms with Crippen molar-refractivity contribution in [2.75, 3.05) is 39.5 Å². The molecule has 180 valence electrons. The lowest BCUT2D eigenvalue weighted by molar-refractivity contribution is -0.128. The number of hydrogen-bond donors (Lipinski definition) is 1. The van der Waals surface area contributed by atoms with Crippen LogP contribution in [0.4, 0.5) is 0 Å². The second-order valence-electron chi connectivity index (χ2n) is 7.64. The molecule has 0 saturated carbocycles. The molecular weight excluding hydrogens is 444 g/mol. The molecule has 1 heterocycles. The van der Waals surface area contributed by atoms with Crippen molar-refractivity contribution in [2.24, 2.45) is 0 Å². The van der Waals surface area contributed by atoms with E-state index in [0.717, 1.165) is 6.42 Å². The second-order valence-corrected chi connectivity index (χ2v) is 9.58. The first-order valence-corrected chi connectivity index (χ1v) is 12.7. The van der Waals surface area contributed by atoms with Gasteiger partial charge in [-0.25, -0.2) is 8.42 Å². The number of rotatable bonds is 11. The van der Waals surface area contributed by atoms with Crippen molar-refractivity contribution in [3.8, 4) is 11.5 Å². The summed E-state index contributed by atoms with van der Waals surface area (Å²) in [5.41, 5.74) is 1.21. The average Bonchev–Trinajstić information content (AvgIpc) is 2.86. The third-order valence-electron chi connectivity index (χ3n) is 5.37. The first kappa shape index (κ1) is 25.0. The van der Waals surface area contributed by atoms with Crippen LogP contribution in [0, 0.1) is 0 Å². The SMILES string of the molecule is CCc1ccc(O[C@@H](CC)C(=O)NCCOc2ccc(S(=O)(=O)N3CCOCC3)cc2)cc1. The Morgan fingerprint density at radius 1 is 1.03 bits per heavy atom.